The highest BCUT2D eigenvalue weighted by Crippen LogP contribution is 2.41. The fourth-order valence-electron chi connectivity index (χ4n) is 4.28. The van der Waals surface area contributed by atoms with Gasteiger partial charge in [0.15, 0.2) is 0 Å². The number of rotatable bonds is 4. The summed E-state index contributed by atoms with van der Waals surface area (Å²) < 4.78 is 6.34. The van der Waals surface area contributed by atoms with E-state index >= 15 is 0 Å². The summed E-state index contributed by atoms with van der Waals surface area (Å²) in [7, 11) is 0. The van der Waals surface area contributed by atoms with Crippen molar-refractivity contribution >= 4 is 0 Å². The summed E-state index contributed by atoms with van der Waals surface area (Å²) in [4.78, 5) is 0. The van der Waals surface area contributed by atoms with Crippen LogP contribution in [-0.4, -0.2) is 35.5 Å². The van der Waals surface area contributed by atoms with E-state index in [0.29, 0.717) is 6.10 Å². The van der Waals surface area contributed by atoms with Crippen molar-refractivity contribution in [2.45, 2.75) is 87.9 Å². The highest BCUT2D eigenvalue weighted by Gasteiger charge is 2.40. The number of nitrogens with one attached hydrogen (secondary N) is 1. The first kappa shape index (κ1) is 13.8. The SMILES string of the molecule is OC1(CNCC2CCC3(CCCCC3)O2)CCCC1. The Morgan fingerprint density at radius 2 is 1.63 bits per heavy atom. The van der Waals surface area contributed by atoms with Gasteiger partial charge in [-0.3, -0.25) is 0 Å². The lowest BCUT2D eigenvalue weighted by Crippen LogP contribution is -2.41. The summed E-state index contributed by atoms with van der Waals surface area (Å²) in [6.07, 6.45) is 13.8. The summed E-state index contributed by atoms with van der Waals surface area (Å²) in [6, 6.07) is 0. The van der Waals surface area contributed by atoms with E-state index in [4.69, 9.17) is 4.74 Å². The molecule has 2 saturated carbocycles. The predicted octanol–water partition coefficient (Wildman–Crippen LogP) is 2.76. The fourth-order valence-corrected chi connectivity index (χ4v) is 4.28. The molecule has 1 aliphatic heterocycles. The smallest absolute Gasteiger partial charge is 0.0771 e. The first-order chi connectivity index (χ1) is 9.20. The van der Waals surface area contributed by atoms with Crippen molar-refractivity contribution in [2.24, 2.45) is 0 Å². The minimum atomic E-state index is -0.429. The Morgan fingerprint density at radius 3 is 2.37 bits per heavy atom. The molecule has 110 valence electrons. The first-order valence-corrected chi connectivity index (χ1v) is 8.31. The van der Waals surface area contributed by atoms with Crippen LogP contribution in [0.15, 0.2) is 0 Å². The lowest BCUT2D eigenvalue weighted by atomic mass is 9.83. The lowest BCUT2D eigenvalue weighted by Gasteiger charge is -2.33. The molecule has 0 radical (unpaired) electrons. The van der Waals surface area contributed by atoms with Gasteiger partial charge in [-0.2, -0.15) is 0 Å². The van der Waals surface area contributed by atoms with E-state index in [9.17, 15) is 5.11 Å². The molecular weight excluding hydrogens is 238 g/mol. The number of hydrogen-bond donors (Lipinski definition) is 2. The molecule has 0 aromatic rings. The van der Waals surface area contributed by atoms with E-state index < -0.39 is 5.60 Å². The average Bonchev–Trinajstić information content (AvgIpc) is 2.99. The highest BCUT2D eigenvalue weighted by atomic mass is 16.5. The minimum Gasteiger partial charge on any atom is -0.389 e. The quantitative estimate of drug-likeness (QED) is 0.823. The monoisotopic (exact) mass is 267 g/mol. The van der Waals surface area contributed by atoms with Gasteiger partial charge in [0, 0.05) is 13.1 Å². The second kappa shape index (κ2) is 5.71. The zero-order chi connectivity index (χ0) is 13.2. The summed E-state index contributed by atoms with van der Waals surface area (Å²) in [5.41, 5.74) is -0.198. The van der Waals surface area contributed by atoms with Crippen molar-refractivity contribution < 1.29 is 9.84 Å². The Hall–Kier alpha value is -0.120. The van der Waals surface area contributed by atoms with Gasteiger partial charge in [-0.1, -0.05) is 32.1 Å². The molecular formula is C16H29NO2. The van der Waals surface area contributed by atoms with Gasteiger partial charge >= 0.3 is 0 Å². The van der Waals surface area contributed by atoms with E-state index in [0.717, 1.165) is 25.9 Å². The Labute approximate surface area is 117 Å². The van der Waals surface area contributed by atoms with E-state index in [1.807, 2.05) is 0 Å². The number of ether oxygens (including phenoxy) is 1. The molecule has 0 amide bonds. The second-order valence-electron chi connectivity index (χ2n) is 7.08. The van der Waals surface area contributed by atoms with Gasteiger partial charge in [-0.05, 0) is 38.5 Å². The van der Waals surface area contributed by atoms with Crippen LogP contribution in [0.2, 0.25) is 0 Å². The Kier molecular flexibility index (Phi) is 4.16. The third kappa shape index (κ3) is 3.32. The lowest BCUT2D eigenvalue weighted by molar-refractivity contribution is -0.0637. The number of hydrogen-bond acceptors (Lipinski definition) is 3. The van der Waals surface area contributed by atoms with Crippen LogP contribution in [0, 0.1) is 0 Å². The minimum absolute atomic E-state index is 0.231. The zero-order valence-electron chi connectivity index (χ0n) is 12.1. The largest absolute Gasteiger partial charge is 0.389 e. The number of aliphatic hydroxyl groups is 1. The molecule has 1 spiro atoms. The third-order valence-electron chi connectivity index (χ3n) is 5.46. The molecule has 3 heteroatoms. The van der Waals surface area contributed by atoms with Crippen molar-refractivity contribution in [1.29, 1.82) is 0 Å². The van der Waals surface area contributed by atoms with Crippen LogP contribution in [0.25, 0.3) is 0 Å². The van der Waals surface area contributed by atoms with Crippen LogP contribution < -0.4 is 5.32 Å². The highest BCUT2D eigenvalue weighted by molar-refractivity contribution is 4.92. The van der Waals surface area contributed by atoms with Crippen LogP contribution in [0.5, 0.6) is 0 Å². The summed E-state index contributed by atoms with van der Waals surface area (Å²) in [5.74, 6) is 0. The molecule has 2 N–H and O–H groups in total. The predicted molar refractivity (Wildman–Crippen MR) is 76.2 cm³/mol. The molecule has 1 heterocycles. The van der Waals surface area contributed by atoms with Crippen molar-refractivity contribution in [3.8, 4) is 0 Å². The summed E-state index contributed by atoms with van der Waals surface area (Å²) >= 11 is 0. The fraction of sp³-hybridized carbons (Fsp3) is 1.00. The van der Waals surface area contributed by atoms with Crippen molar-refractivity contribution in [2.75, 3.05) is 13.1 Å². The van der Waals surface area contributed by atoms with Gasteiger partial charge in [-0.25, -0.2) is 0 Å². The Bertz CT molecular complexity index is 293. The average molecular weight is 267 g/mol. The maximum atomic E-state index is 10.3. The van der Waals surface area contributed by atoms with Gasteiger partial charge in [0.25, 0.3) is 0 Å². The van der Waals surface area contributed by atoms with Gasteiger partial charge in [0.05, 0.1) is 17.3 Å². The molecule has 19 heavy (non-hydrogen) atoms. The van der Waals surface area contributed by atoms with Crippen molar-refractivity contribution in [1.82, 2.24) is 5.32 Å². The molecule has 3 rings (SSSR count). The van der Waals surface area contributed by atoms with Gasteiger partial charge in [0.1, 0.15) is 0 Å². The normalized spacial score (nSPS) is 33.0. The van der Waals surface area contributed by atoms with Crippen LogP contribution in [0.3, 0.4) is 0 Å². The second-order valence-corrected chi connectivity index (χ2v) is 7.08. The van der Waals surface area contributed by atoms with E-state index in [1.54, 1.807) is 0 Å². The maximum absolute atomic E-state index is 10.3. The van der Waals surface area contributed by atoms with Crippen LogP contribution in [-0.2, 0) is 4.74 Å². The summed E-state index contributed by atoms with van der Waals surface area (Å²) in [5, 5.41) is 13.8. The van der Waals surface area contributed by atoms with Crippen molar-refractivity contribution in [3.05, 3.63) is 0 Å². The molecule has 1 saturated heterocycles. The Balaban J connectivity index is 1.39. The molecule has 0 bridgehead atoms. The van der Waals surface area contributed by atoms with Crippen LogP contribution in [0.4, 0.5) is 0 Å². The third-order valence-corrected chi connectivity index (χ3v) is 5.46. The molecule has 1 unspecified atom stereocenters. The van der Waals surface area contributed by atoms with Crippen LogP contribution in [0.1, 0.15) is 70.6 Å². The Morgan fingerprint density at radius 1 is 0.947 bits per heavy atom. The van der Waals surface area contributed by atoms with Crippen LogP contribution >= 0.6 is 0 Å². The zero-order valence-corrected chi connectivity index (χ0v) is 12.1. The van der Waals surface area contributed by atoms with E-state index in [2.05, 4.69) is 5.32 Å². The van der Waals surface area contributed by atoms with E-state index in [1.165, 1.54) is 57.8 Å². The van der Waals surface area contributed by atoms with Gasteiger partial charge in [-0.15, -0.1) is 0 Å². The standard InChI is InChI=1S/C16H29NO2/c18-15(7-4-5-8-15)13-17-12-14-6-11-16(19-14)9-2-1-3-10-16/h14,17-18H,1-13H2. The van der Waals surface area contributed by atoms with Gasteiger partial charge in [0.2, 0.25) is 0 Å². The molecule has 0 aromatic carbocycles. The van der Waals surface area contributed by atoms with E-state index in [-0.39, 0.29) is 5.60 Å². The van der Waals surface area contributed by atoms with Gasteiger partial charge < -0.3 is 15.2 Å². The first-order valence-electron chi connectivity index (χ1n) is 8.31. The molecule has 2 aliphatic carbocycles. The molecule has 0 aromatic heterocycles. The molecule has 3 aliphatic rings. The molecule has 3 fully saturated rings. The molecule has 3 nitrogen and oxygen atoms in total. The molecule has 1 atom stereocenters. The van der Waals surface area contributed by atoms with Crippen molar-refractivity contribution in [3.63, 3.8) is 0 Å². The maximum Gasteiger partial charge on any atom is 0.0771 e. The summed E-state index contributed by atoms with van der Waals surface area (Å²) in [6.45, 7) is 1.67. The topological polar surface area (TPSA) is 41.5 Å².